The lowest BCUT2D eigenvalue weighted by Gasteiger charge is -2.29. The number of thiazole rings is 1. The van der Waals surface area contributed by atoms with E-state index in [9.17, 15) is 0 Å². The zero-order valence-corrected chi connectivity index (χ0v) is 13.6. The van der Waals surface area contributed by atoms with E-state index in [0.717, 1.165) is 51.6 Å². The Balaban J connectivity index is 1.66. The quantitative estimate of drug-likeness (QED) is 0.889. The molecule has 0 saturated carbocycles. The van der Waals surface area contributed by atoms with Crippen LogP contribution in [0.3, 0.4) is 0 Å². The zero-order chi connectivity index (χ0) is 15.2. The minimum atomic E-state index is 0.653. The number of aromatic nitrogens is 1. The number of rotatable bonds is 6. The monoisotopic (exact) mass is 317 g/mol. The third-order valence-electron chi connectivity index (χ3n) is 4.06. The predicted octanol–water partition coefficient (Wildman–Crippen LogP) is 3.15. The van der Waals surface area contributed by atoms with Gasteiger partial charge in [-0.25, -0.2) is 4.98 Å². The van der Waals surface area contributed by atoms with Crippen molar-refractivity contribution < 1.29 is 4.74 Å². The van der Waals surface area contributed by atoms with Crippen LogP contribution in [0, 0.1) is 5.92 Å². The Hall–Kier alpha value is -1.43. The Kier molecular flexibility index (Phi) is 5.43. The molecule has 1 fully saturated rings. The van der Waals surface area contributed by atoms with Gasteiger partial charge in [0.2, 0.25) is 0 Å². The van der Waals surface area contributed by atoms with E-state index in [1.807, 2.05) is 6.20 Å². The molecule has 0 spiro atoms. The molecular formula is C17H23N3OS. The number of nitrogen functional groups attached to an aromatic ring is 1. The lowest BCUT2D eigenvalue weighted by atomic mass is 9.99. The fourth-order valence-corrected chi connectivity index (χ4v) is 3.66. The molecule has 2 heterocycles. The van der Waals surface area contributed by atoms with E-state index in [1.54, 1.807) is 11.3 Å². The van der Waals surface area contributed by atoms with Crippen LogP contribution in [0.25, 0.3) is 0 Å². The lowest BCUT2D eigenvalue weighted by Crippen LogP contribution is -2.31. The van der Waals surface area contributed by atoms with E-state index in [2.05, 4.69) is 40.2 Å². The minimum absolute atomic E-state index is 0.653. The van der Waals surface area contributed by atoms with E-state index in [1.165, 1.54) is 10.4 Å². The first-order valence-electron chi connectivity index (χ1n) is 7.84. The molecule has 5 heteroatoms. The molecule has 1 aliphatic rings. The molecule has 0 aliphatic carbocycles. The summed E-state index contributed by atoms with van der Waals surface area (Å²) < 4.78 is 5.48. The molecule has 1 aliphatic heterocycles. The number of nitrogens with two attached hydrogens (primary N) is 1. The van der Waals surface area contributed by atoms with Crippen molar-refractivity contribution in [2.45, 2.75) is 25.9 Å². The minimum Gasteiger partial charge on any atom is -0.381 e. The first kappa shape index (κ1) is 15.5. The van der Waals surface area contributed by atoms with Crippen molar-refractivity contribution in [3.8, 4) is 0 Å². The van der Waals surface area contributed by atoms with Crippen molar-refractivity contribution in [3.63, 3.8) is 0 Å². The molecule has 0 amide bonds. The maximum Gasteiger partial charge on any atom is 0.180 e. The number of anilines is 1. The van der Waals surface area contributed by atoms with Gasteiger partial charge in [-0.05, 0) is 24.3 Å². The predicted molar refractivity (Wildman–Crippen MR) is 90.6 cm³/mol. The second kappa shape index (κ2) is 7.72. The number of nitrogens with zero attached hydrogens (tertiary/aromatic N) is 2. The fourth-order valence-electron chi connectivity index (χ4n) is 2.94. The second-order valence-corrected chi connectivity index (χ2v) is 7.02. The maximum atomic E-state index is 5.76. The average molecular weight is 317 g/mol. The third kappa shape index (κ3) is 4.53. The highest BCUT2D eigenvalue weighted by Gasteiger charge is 2.18. The highest BCUT2D eigenvalue weighted by Crippen LogP contribution is 2.22. The van der Waals surface area contributed by atoms with Crippen LogP contribution in [-0.2, 0) is 17.8 Å². The Morgan fingerprint density at radius 3 is 2.64 bits per heavy atom. The summed E-state index contributed by atoms with van der Waals surface area (Å²) in [7, 11) is 0. The molecular weight excluding hydrogens is 294 g/mol. The summed E-state index contributed by atoms with van der Waals surface area (Å²) in [4.78, 5) is 7.92. The van der Waals surface area contributed by atoms with Crippen LogP contribution in [0.2, 0.25) is 0 Å². The maximum absolute atomic E-state index is 5.76. The van der Waals surface area contributed by atoms with Gasteiger partial charge in [-0.3, -0.25) is 4.90 Å². The summed E-state index contributed by atoms with van der Waals surface area (Å²) in [5.74, 6) is 0.725. The van der Waals surface area contributed by atoms with E-state index in [0.29, 0.717) is 5.13 Å². The van der Waals surface area contributed by atoms with Crippen molar-refractivity contribution in [1.82, 2.24) is 9.88 Å². The number of hydrogen-bond donors (Lipinski definition) is 1. The summed E-state index contributed by atoms with van der Waals surface area (Å²) in [5.41, 5.74) is 7.12. The van der Waals surface area contributed by atoms with Gasteiger partial charge < -0.3 is 10.5 Å². The van der Waals surface area contributed by atoms with Crippen LogP contribution >= 0.6 is 11.3 Å². The van der Waals surface area contributed by atoms with Gasteiger partial charge in [0.05, 0.1) is 0 Å². The molecule has 2 N–H and O–H groups in total. The number of benzene rings is 1. The molecule has 0 radical (unpaired) electrons. The topological polar surface area (TPSA) is 51.4 Å². The molecule has 3 rings (SSSR count). The smallest absolute Gasteiger partial charge is 0.180 e. The first-order valence-corrected chi connectivity index (χ1v) is 8.65. The van der Waals surface area contributed by atoms with Crippen molar-refractivity contribution in [2.24, 2.45) is 5.92 Å². The van der Waals surface area contributed by atoms with Crippen LogP contribution < -0.4 is 5.73 Å². The summed E-state index contributed by atoms with van der Waals surface area (Å²) in [6.45, 7) is 4.79. The van der Waals surface area contributed by atoms with E-state index in [-0.39, 0.29) is 0 Å². The molecule has 0 bridgehead atoms. The van der Waals surface area contributed by atoms with Crippen molar-refractivity contribution in [3.05, 3.63) is 47.0 Å². The largest absolute Gasteiger partial charge is 0.381 e. The molecule has 4 nitrogen and oxygen atoms in total. The van der Waals surface area contributed by atoms with Gasteiger partial charge in [-0.1, -0.05) is 30.3 Å². The van der Waals surface area contributed by atoms with Gasteiger partial charge in [-0.15, -0.1) is 11.3 Å². The van der Waals surface area contributed by atoms with E-state index >= 15 is 0 Å². The fraction of sp³-hybridized carbons (Fsp3) is 0.471. The standard InChI is InChI=1S/C17H23N3OS/c18-17-19-10-16(22-17)13-20(11-14-4-2-1-3-5-14)12-15-6-8-21-9-7-15/h1-5,10,15H,6-9,11-13H2,(H2,18,19). The Bertz CT molecular complexity index is 566. The molecule has 0 unspecified atom stereocenters. The first-order chi connectivity index (χ1) is 10.8. The SMILES string of the molecule is Nc1ncc(CN(Cc2ccccc2)CC2CCOCC2)s1. The number of ether oxygens (including phenoxy) is 1. The normalized spacial score (nSPS) is 16.2. The molecule has 22 heavy (non-hydrogen) atoms. The van der Waals surface area contributed by atoms with Crippen molar-refractivity contribution >= 4 is 16.5 Å². The molecule has 1 aromatic carbocycles. The van der Waals surface area contributed by atoms with E-state index < -0.39 is 0 Å². The summed E-state index contributed by atoms with van der Waals surface area (Å²) in [5, 5.41) is 0.653. The van der Waals surface area contributed by atoms with Crippen LogP contribution in [0.4, 0.5) is 5.13 Å². The Morgan fingerprint density at radius 1 is 1.18 bits per heavy atom. The van der Waals surface area contributed by atoms with Gasteiger partial charge in [0.15, 0.2) is 5.13 Å². The van der Waals surface area contributed by atoms with Gasteiger partial charge in [-0.2, -0.15) is 0 Å². The lowest BCUT2D eigenvalue weighted by molar-refractivity contribution is 0.0503. The van der Waals surface area contributed by atoms with Gasteiger partial charge >= 0.3 is 0 Å². The van der Waals surface area contributed by atoms with E-state index in [4.69, 9.17) is 10.5 Å². The molecule has 1 aromatic heterocycles. The average Bonchev–Trinajstić information content (AvgIpc) is 2.94. The summed E-state index contributed by atoms with van der Waals surface area (Å²) in [6.07, 6.45) is 4.23. The Labute approximate surface area is 135 Å². The van der Waals surface area contributed by atoms with Gasteiger partial charge in [0.1, 0.15) is 0 Å². The van der Waals surface area contributed by atoms with Crippen LogP contribution in [0.15, 0.2) is 36.5 Å². The van der Waals surface area contributed by atoms with Gasteiger partial charge in [0, 0.05) is 43.9 Å². The molecule has 118 valence electrons. The summed E-state index contributed by atoms with van der Waals surface area (Å²) in [6, 6.07) is 10.7. The third-order valence-corrected chi connectivity index (χ3v) is 4.87. The molecule has 1 saturated heterocycles. The van der Waals surface area contributed by atoms with Crippen molar-refractivity contribution in [1.29, 1.82) is 0 Å². The highest BCUT2D eigenvalue weighted by molar-refractivity contribution is 7.15. The van der Waals surface area contributed by atoms with Crippen LogP contribution in [0.5, 0.6) is 0 Å². The van der Waals surface area contributed by atoms with Gasteiger partial charge in [0.25, 0.3) is 0 Å². The second-order valence-electron chi connectivity index (χ2n) is 5.88. The zero-order valence-electron chi connectivity index (χ0n) is 12.8. The van der Waals surface area contributed by atoms with Crippen molar-refractivity contribution in [2.75, 3.05) is 25.5 Å². The van der Waals surface area contributed by atoms with Crippen LogP contribution in [0.1, 0.15) is 23.3 Å². The molecule has 0 atom stereocenters. The molecule has 2 aromatic rings. The highest BCUT2D eigenvalue weighted by atomic mass is 32.1. The van der Waals surface area contributed by atoms with Crippen LogP contribution in [-0.4, -0.2) is 29.6 Å². The Morgan fingerprint density at radius 2 is 1.95 bits per heavy atom. The number of hydrogen-bond acceptors (Lipinski definition) is 5. The summed E-state index contributed by atoms with van der Waals surface area (Å²) >= 11 is 1.59.